The van der Waals surface area contributed by atoms with E-state index >= 15 is 0 Å². The Morgan fingerprint density at radius 2 is 1.63 bits per heavy atom. The van der Waals surface area contributed by atoms with Gasteiger partial charge in [-0.05, 0) is 40.5 Å². The van der Waals surface area contributed by atoms with Crippen molar-refractivity contribution in [3.05, 3.63) is 59.7 Å². The Kier molecular flexibility index (Phi) is 6.38. The summed E-state index contributed by atoms with van der Waals surface area (Å²) >= 11 is 0. The Balaban J connectivity index is 1.46. The third-order valence-electron chi connectivity index (χ3n) is 7.62. The molecule has 7 heteroatoms. The summed E-state index contributed by atoms with van der Waals surface area (Å²) in [6.07, 6.45) is -0.659. The first-order valence-corrected chi connectivity index (χ1v) is 12.1. The number of likely N-dealkylation sites (tertiary alicyclic amines) is 1. The SMILES string of the molecule is CC1CN(C(=O)C(NC(=O)OCC2c3ccccc3-c3ccccc32)C(C)(C)C)CC1(C)C(=O)O. The minimum absolute atomic E-state index is 0.0763. The van der Waals surface area contributed by atoms with E-state index in [1.54, 1.807) is 11.8 Å². The van der Waals surface area contributed by atoms with Crippen molar-refractivity contribution in [3.8, 4) is 11.1 Å². The standard InChI is InChI=1S/C28H34N2O5/c1-17-14-30(16-28(17,5)25(32)33)24(31)23(27(2,3)4)29-26(34)35-15-22-20-12-8-6-10-18(20)19-11-7-9-13-21(19)22/h6-13,17,22-23H,14-16H2,1-5H3,(H,29,34)(H,32,33). The van der Waals surface area contributed by atoms with Gasteiger partial charge in [0, 0.05) is 19.0 Å². The summed E-state index contributed by atoms with van der Waals surface area (Å²) in [7, 11) is 0. The third-order valence-corrected chi connectivity index (χ3v) is 7.62. The molecule has 2 aliphatic rings. The van der Waals surface area contributed by atoms with Crippen LogP contribution in [0.25, 0.3) is 11.1 Å². The maximum Gasteiger partial charge on any atom is 0.407 e. The third kappa shape index (κ3) is 4.51. The van der Waals surface area contributed by atoms with Crippen LogP contribution in [0.1, 0.15) is 51.7 Å². The molecule has 1 aliphatic carbocycles. The van der Waals surface area contributed by atoms with Crippen molar-refractivity contribution in [1.82, 2.24) is 10.2 Å². The number of amides is 2. The molecule has 186 valence electrons. The Labute approximate surface area is 206 Å². The molecule has 0 bridgehead atoms. The van der Waals surface area contributed by atoms with E-state index < -0.39 is 28.9 Å². The van der Waals surface area contributed by atoms with Gasteiger partial charge >= 0.3 is 12.1 Å². The topological polar surface area (TPSA) is 95.9 Å². The second-order valence-electron chi connectivity index (χ2n) is 11.1. The number of alkyl carbamates (subject to hydrolysis) is 1. The predicted molar refractivity (Wildman–Crippen MR) is 133 cm³/mol. The van der Waals surface area contributed by atoms with Crippen molar-refractivity contribution in [1.29, 1.82) is 0 Å². The van der Waals surface area contributed by atoms with Gasteiger partial charge in [0.15, 0.2) is 0 Å². The van der Waals surface area contributed by atoms with E-state index in [9.17, 15) is 19.5 Å². The average Bonchev–Trinajstić information content (AvgIpc) is 3.30. The smallest absolute Gasteiger partial charge is 0.407 e. The Morgan fingerprint density at radius 1 is 1.09 bits per heavy atom. The molecule has 2 aromatic carbocycles. The van der Waals surface area contributed by atoms with Crippen molar-refractivity contribution in [2.24, 2.45) is 16.7 Å². The monoisotopic (exact) mass is 478 g/mol. The number of carbonyl (C=O) groups excluding carboxylic acids is 2. The van der Waals surface area contributed by atoms with Gasteiger partial charge in [-0.15, -0.1) is 0 Å². The van der Waals surface area contributed by atoms with E-state index in [0.29, 0.717) is 6.54 Å². The van der Waals surface area contributed by atoms with Crippen molar-refractivity contribution in [2.75, 3.05) is 19.7 Å². The quantitative estimate of drug-likeness (QED) is 0.659. The fourth-order valence-corrected chi connectivity index (χ4v) is 5.18. The highest BCUT2D eigenvalue weighted by Crippen LogP contribution is 2.44. The second-order valence-corrected chi connectivity index (χ2v) is 11.1. The van der Waals surface area contributed by atoms with E-state index in [1.807, 2.05) is 52.0 Å². The summed E-state index contributed by atoms with van der Waals surface area (Å²) < 4.78 is 5.66. The summed E-state index contributed by atoms with van der Waals surface area (Å²) in [6, 6.07) is 15.4. The molecule has 2 N–H and O–H groups in total. The van der Waals surface area contributed by atoms with Crippen LogP contribution in [0.15, 0.2) is 48.5 Å². The molecule has 1 aliphatic heterocycles. The largest absolute Gasteiger partial charge is 0.481 e. The lowest BCUT2D eigenvalue weighted by molar-refractivity contribution is -0.149. The van der Waals surface area contributed by atoms with Crippen LogP contribution in [-0.2, 0) is 14.3 Å². The molecule has 0 saturated carbocycles. The van der Waals surface area contributed by atoms with Crippen molar-refractivity contribution in [3.63, 3.8) is 0 Å². The highest BCUT2D eigenvalue weighted by atomic mass is 16.5. The van der Waals surface area contributed by atoms with Crippen LogP contribution in [0, 0.1) is 16.7 Å². The lowest BCUT2D eigenvalue weighted by Crippen LogP contribution is -2.54. The fourth-order valence-electron chi connectivity index (χ4n) is 5.18. The zero-order valence-corrected chi connectivity index (χ0v) is 21.0. The fraction of sp³-hybridized carbons (Fsp3) is 0.464. The van der Waals surface area contributed by atoms with Gasteiger partial charge < -0.3 is 20.1 Å². The highest BCUT2D eigenvalue weighted by molar-refractivity contribution is 5.88. The lowest BCUT2D eigenvalue weighted by atomic mass is 9.81. The minimum Gasteiger partial charge on any atom is -0.481 e. The molecule has 3 atom stereocenters. The number of aliphatic carboxylic acids is 1. The number of carbonyl (C=O) groups is 3. The molecule has 2 aromatic rings. The molecular formula is C28H34N2O5. The number of nitrogens with zero attached hydrogens (tertiary/aromatic N) is 1. The normalized spacial score (nSPS) is 22.3. The number of benzene rings is 2. The zero-order valence-electron chi connectivity index (χ0n) is 21.0. The van der Waals surface area contributed by atoms with E-state index in [-0.39, 0.29) is 30.9 Å². The van der Waals surface area contributed by atoms with Crippen LogP contribution < -0.4 is 5.32 Å². The molecule has 35 heavy (non-hydrogen) atoms. The Bertz CT molecular complexity index is 1110. The maximum absolute atomic E-state index is 13.4. The predicted octanol–water partition coefficient (Wildman–Crippen LogP) is 4.51. The number of nitrogens with one attached hydrogen (secondary N) is 1. The maximum atomic E-state index is 13.4. The van der Waals surface area contributed by atoms with Gasteiger partial charge in [0.05, 0.1) is 5.41 Å². The van der Waals surface area contributed by atoms with E-state index in [1.165, 1.54) is 0 Å². The molecule has 1 fully saturated rings. The summed E-state index contributed by atoms with van der Waals surface area (Å²) in [6.45, 7) is 9.72. The molecule has 4 rings (SSSR count). The number of ether oxygens (including phenoxy) is 1. The van der Waals surface area contributed by atoms with Gasteiger partial charge in [-0.1, -0.05) is 76.2 Å². The number of hydrogen-bond acceptors (Lipinski definition) is 4. The highest BCUT2D eigenvalue weighted by Gasteiger charge is 2.50. The van der Waals surface area contributed by atoms with Crippen LogP contribution in [0.3, 0.4) is 0 Å². The molecule has 1 heterocycles. The van der Waals surface area contributed by atoms with E-state index in [0.717, 1.165) is 22.3 Å². The summed E-state index contributed by atoms with van der Waals surface area (Å²) in [5.74, 6) is -1.48. The van der Waals surface area contributed by atoms with Gasteiger partial charge in [0.1, 0.15) is 12.6 Å². The molecule has 0 aromatic heterocycles. The molecular weight excluding hydrogens is 444 g/mol. The van der Waals surface area contributed by atoms with Crippen molar-refractivity contribution in [2.45, 2.75) is 46.6 Å². The van der Waals surface area contributed by atoms with Crippen LogP contribution in [0.5, 0.6) is 0 Å². The molecule has 2 amide bonds. The number of carboxylic acids is 1. The van der Waals surface area contributed by atoms with Crippen LogP contribution in [0.4, 0.5) is 4.79 Å². The van der Waals surface area contributed by atoms with Gasteiger partial charge in [-0.25, -0.2) is 4.79 Å². The Morgan fingerprint density at radius 3 is 2.11 bits per heavy atom. The molecule has 0 spiro atoms. The number of rotatable bonds is 5. The first kappa shape index (κ1) is 24.8. The summed E-state index contributed by atoms with van der Waals surface area (Å²) in [5.41, 5.74) is 2.91. The first-order chi connectivity index (χ1) is 16.4. The molecule has 7 nitrogen and oxygen atoms in total. The first-order valence-electron chi connectivity index (χ1n) is 12.1. The molecule has 1 saturated heterocycles. The van der Waals surface area contributed by atoms with Gasteiger partial charge in [0.2, 0.25) is 5.91 Å². The van der Waals surface area contributed by atoms with Crippen LogP contribution >= 0.6 is 0 Å². The zero-order chi connectivity index (χ0) is 25.5. The minimum atomic E-state index is -1.01. The molecule has 0 radical (unpaired) electrons. The van der Waals surface area contributed by atoms with Gasteiger partial charge in [-0.3, -0.25) is 9.59 Å². The van der Waals surface area contributed by atoms with Gasteiger partial charge in [0.25, 0.3) is 0 Å². The lowest BCUT2D eigenvalue weighted by Gasteiger charge is -2.33. The molecule has 3 unspecified atom stereocenters. The second kappa shape index (κ2) is 9.02. The average molecular weight is 479 g/mol. The Hall–Kier alpha value is -3.35. The van der Waals surface area contributed by atoms with Crippen molar-refractivity contribution < 1.29 is 24.2 Å². The van der Waals surface area contributed by atoms with Crippen LogP contribution in [0.2, 0.25) is 0 Å². The van der Waals surface area contributed by atoms with E-state index in [4.69, 9.17) is 4.74 Å². The summed E-state index contributed by atoms with van der Waals surface area (Å²) in [4.78, 5) is 39.7. The number of carboxylic acid groups (broad SMARTS) is 1. The number of fused-ring (bicyclic) bond motifs is 3. The van der Waals surface area contributed by atoms with Crippen LogP contribution in [-0.4, -0.2) is 53.7 Å². The van der Waals surface area contributed by atoms with E-state index in [2.05, 4.69) is 29.6 Å². The number of hydrogen-bond donors (Lipinski definition) is 2. The van der Waals surface area contributed by atoms with Crippen molar-refractivity contribution >= 4 is 18.0 Å². The summed E-state index contributed by atoms with van der Waals surface area (Å²) in [5, 5.41) is 12.4. The van der Waals surface area contributed by atoms with Gasteiger partial charge in [-0.2, -0.15) is 0 Å².